The van der Waals surface area contributed by atoms with Crippen molar-refractivity contribution in [3.8, 4) is 33.8 Å². The minimum Gasteiger partial charge on any atom is -0.457 e. The molecule has 2 aliphatic rings. The molecule has 9 rings (SSSR count). The van der Waals surface area contributed by atoms with Gasteiger partial charge in [-0.1, -0.05) is 141 Å². The molecule has 1 nitrogen and oxygen atoms in total. The Kier molecular flexibility index (Phi) is 5.53. The van der Waals surface area contributed by atoms with Gasteiger partial charge >= 0.3 is 0 Å². The van der Waals surface area contributed by atoms with Crippen LogP contribution in [0.4, 0.5) is 0 Å². The standard InChI is InChI=1S/C44H32O/c1-43(2)37-21-11-12-22-40(37)45-41-23-13-20-34(42(41)43)31-24-25-35-36-26-29-14-9-10-15-30(29)27-39(36)44(38(35)28-31,32-16-5-3-6-17-32)33-18-7-4-8-19-33/h3-28H,1-2H3. The lowest BCUT2D eigenvalue weighted by Crippen LogP contribution is -2.28. The van der Waals surface area contributed by atoms with Gasteiger partial charge < -0.3 is 4.74 Å². The SMILES string of the molecule is CC1(C)c2ccccc2Oc2cccc(-c3ccc4c(c3)C(c3ccccc3)(c3ccccc3)c3cc5ccccc5cc3-4)c21. The summed E-state index contributed by atoms with van der Waals surface area (Å²) in [5, 5.41) is 2.52. The summed E-state index contributed by atoms with van der Waals surface area (Å²) in [5.74, 6) is 1.87. The van der Waals surface area contributed by atoms with E-state index in [1.807, 2.05) is 0 Å². The molecule has 7 aromatic rings. The molecule has 0 bridgehead atoms. The van der Waals surface area contributed by atoms with E-state index in [0.29, 0.717) is 0 Å². The summed E-state index contributed by atoms with van der Waals surface area (Å²) in [4.78, 5) is 0. The van der Waals surface area contributed by atoms with Crippen molar-refractivity contribution in [1.29, 1.82) is 0 Å². The van der Waals surface area contributed by atoms with E-state index in [2.05, 4.69) is 172 Å². The molecule has 1 heteroatoms. The van der Waals surface area contributed by atoms with E-state index in [9.17, 15) is 0 Å². The van der Waals surface area contributed by atoms with E-state index >= 15 is 0 Å². The molecule has 1 heterocycles. The van der Waals surface area contributed by atoms with Crippen molar-refractivity contribution in [2.45, 2.75) is 24.7 Å². The van der Waals surface area contributed by atoms with Crippen molar-refractivity contribution in [2.24, 2.45) is 0 Å². The van der Waals surface area contributed by atoms with Gasteiger partial charge in [-0.05, 0) is 85.6 Å². The Hall–Kier alpha value is -5.40. The van der Waals surface area contributed by atoms with Crippen molar-refractivity contribution in [3.05, 3.63) is 191 Å². The largest absolute Gasteiger partial charge is 0.457 e. The van der Waals surface area contributed by atoms with E-state index in [0.717, 1.165) is 11.5 Å². The van der Waals surface area contributed by atoms with E-state index in [-0.39, 0.29) is 5.41 Å². The monoisotopic (exact) mass is 576 g/mol. The van der Waals surface area contributed by atoms with Gasteiger partial charge in [0.15, 0.2) is 0 Å². The minimum atomic E-state index is -0.472. The zero-order valence-electron chi connectivity index (χ0n) is 25.4. The second kappa shape index (κ2) is 9.55. The number of ether oxygens (including phenoxy) is 1. The summed E-state index contributed by atoms with van der Waals surface area (Å²) in [6, 6.07) is 57.8. The van der Waals surface area contributed by atoms with Crippen molar-refractivity contribution in [2.75, 3.05) is 0 Å². The molecule has 1 aliphatic carbocycles. The first kappa shape index (κ1) is 26.0. The van der Waals surface area contributed by atoms with Gasteiger partial charge in [-0.3, -0.25) is 0 Å². The van der Waals surface area contributed by atoms with E-state index < -0.39 is 5.41 Å². The summed E-state index contributed by atoms with van der Waals surface area (Å²) in [7, 11) is 0. The van der Waals surface area contributed by atoms with E-state index in [1.165, 1.54) is 66.4 Å². The van der Waals surface area contributed by atoms with Gasteiger partial charge in [-0.2, -0.15) is 0 Å². The highest BCUT2D eigenvalue weighted by atomic mass is 16.5. The highest BCUT2D eigenvalue weighted by molar-refractivity contribution is 5.96. The first-order chi connectivity index (χ1) is 22.1. The molecule has 7 aromatic carbocycles. The molecule has 0 aromatic heterocycles. The predicted molar refractivity (Wildman–Crippen MR) is 185 cm³/mol. The lowest BCUT2D eigenvalue weighted by molar-refractivity contribution is 0.419. The number of para-hydroxylation sites is 1. The molecule has 0 spiro atoms. The molecule has 0 saturated heterocycles. The fraction of sp³-hybridized carbons (Fsp3) is 0.0909. The molecule has 0 amide bonds. The van der Waals surface area contributed by atoms with Crippen LogP contribution in [0.1, 0.15) is 47.2 Å². The quantitative estimate of drug-likeness (QED) is 0.203. The molecule has 0 unspecified atom stereocenters. The zero-order chi connectivity index (χ0) is 30.2. The number of fused-ring (bicyclic) bond motifs is 6. The maximum atomic E-state index is 6.54. The molecular formula is C44H32O. The second-order valence-corrected chi connectivity index (χ2v) is 12.9. The smallest absolute Gasteiger partial charge is 0.132 e. The lowest BCUT2D eigenvalue weighted by Gasteiger charge is -2.36. The normalized spacial score (nSPS) is 15.0. The summed E-state index contributed by atoms with van der Waals surface area (Å²) in [6.07, 6.45) is 0. The molecule has 0 atom stereocenters. The average Bonchev–Trinajstić information content (AvgIpc) is 3.37. The van der Waals surface area contributed by atoms with Crippen LogP contribution >= 0.6 is 0 Å². The van der Waals surface area contributed by atoms with Crippen LogP contribution in [0.15, 0.2) is 158 Å². The molecule has 1 aliphatic heterocycles. The van der Waals surface area contributed by atoms with Crippen LogP contribution in [-0.4, -0.2) is 0 Å². The van der Waals surface area contributed by atoms with Crippen molar-refractivity contribution in [1.82, 2.24) is 0 Å². The Labute approximate surface area is 264 Å². The average molecular weight is 577 g/mol. The highest BCUT2D eigenvalue weighted by Gasteiger charge is 2.46. The van der Waals surface area contributed by atoms with Crippen LogP contribution < -0.4 is 4.74 Å². The first-order valence-electron chi connectivity index (χ1n) is 15.8. The maximum Gasteiger partial charge on any atom is 0.132 e. The third-order valence-corrected chi connectivity index (χ3v) is 10.2. The Bertz CT molecular complexity index is 2220. The van der Waals surface area contributed by atoms with E-state index in [1.54, 1.807) is 0 Å². The zero-order valence-corrected chi connectivity index (χ0v) is 25.4. The van der Waals surface area contributed by atoms with Gasteiger partial charge in [-0.15, -0.1) is 0 Å². The van der Waals surface area contributed by atoms with Gasteiger partial charge in [0.1, 0.15) is 11.5 Å². The summed E-state index contributed by atoms with van der Waals surface area (Å²) >= 11 is 0. The fourth-order valence-electron chi connectivity index (χ4n) is 8.17. The number of rotatable bonds is 3. The lowest BCUT2D eigenvalue weighted by atomic mass is 9.67. The minimum absolute atomic E-state index is 0.226. The molecule has 0 N–H and O–H groups in total. The molecule has 0 saturated carbocycles. The predicted octanol–water partition coefficient (Wildman–Crippen LogP) is 11.3. The molecule has 45 heavy (non-hydrogen) atoms. The van der Waals surface area contributed by atoms with Gasteiger partial charge in [-0.25, -0.2) is 0 Å². The van der Waals surface area contributed by atoms with Gasteiger partial charge in [0.25, 0.3) is 0 Å². The van der Waals surface area contributed by atoms with Crippen LogP contribution in [0.25, 0.3) is 33.0 Å². The number of benzene rings is 7. The molecular weight excluding hydrogens is 544 g/mol. The van der Waals surface area contributed by atoms with Crippen LogP contribution in [0.5, 0.6) is 11.5 Å². The molecule has 0 radical (unpaired) electrons. The van der Waals surface area contributed by atoms with Crippen molar-refractivity contribution < 1.29 is 4.74 Å². The number of hydrogen-bond acceptors (Lipinski definition) is 1. The van der Waals surface area contributed by atoms with Crippen LogP contribution in [-0.2, 0) is 10.8 Å². The maximum absolute atomic E-state index is 6.54. The fourth-order valence-corrected chi connectivity index (χ4v) is 8.17. The second-order valence-electron chi connectivity index (χ2n) is 12.9. The number of hydrogen-bond donors (Lipinski definition) is 0. The van der Waals surface area contributed by atoms with E-state index in [4.69, 9.17) is 4.74 Å². The summed E-state index contributed by atoms with van der Waals surface area (Å²) in [6.45, 7) is 4.65. The highest BCUT2D eigenvalue weighted by Crippen LogP contribution is 2.58. The van der Waals surface area contributed by atoms with Gasteiger partial charge in [0.05, 0.1) is 5.41 Å². The molecule has 0 fully saturated rings. The Morgan fingerprint density at radius 2 is 1.02 bits per heavy atom. The van der Waals surface area contributed by atoms with Crippen molar-refractivity contribution in [3.63, 3.8) is 0 Å². The summed E-state index contributed by atoms with van der Waals surface area (Å²) in [5.41, 5.74) is 12.0. The topological polar surface area (TPSA) is 9.23 Å². The third-order valence-electron chi connectivity index (χ3n) is 10.2. The Morgan fingerprint density at radius 1 is 0.422 bits per heavy atom. The molecule has 214 valence electrons. The van der Waals surface area contributed by atoms with Crippen molar-refractivity contribution >= 4 is 10.8 Å². The van der Waals surface area contributed by atoms with Crippen LogP contribution in [0.2, 0.25) is 0 Å². The first-order valence-corrected chi connectivity index (χ1v) is 15.8. The third kappa shape index (κ3) is 3.61. The van der Waals surface area contributed by atoms with Gasteiger partial charge in [0.2, 0.25) is 0 Å². The van der Waals surface area contributed by atoms with Crippen LogP contribution in [0, 0.1) is 0 Å². The summed E-state index contributed by atoms with van der Waals surface area (Å²) < 4.78 is 6.54. The Balaban J connectivity index is 1.36. The Morgan fingerprint density at radius 3 is 1.76 bits per heavy atom. The van der Waals surface area contributed by atoms with Crippen LogP contribution in [0.3, 0.4) is 0 Å². The van der Waals surface area contributed by atoms with Gasteiger partial charge in [0, 0.05) is 16.5 Å².